The molecule has 0 aromatic heterocycles. The van der Waals surface area contributed by atoms with Crippen LogP contribution in [0.25, 0.3) is 0 Å². The molecule has 0 unspecified atom stereocenters. The fourth-order valence-corrected chi connectivity index (χ4v) is 13.9. The van der Waals surface area contributed by atoms with E-state index >= 15 is 0 Å². The number of ether oxygens (including phenoxy) is 4. The second-order valence-corrected chi connectivity index (χ2v) is 18.4. The minimum atomic E-state index is -1.40. The average molecular weight is 653 g/mol. The van der Waals surface area contributed by atoms with Crippen molar-refractivity contribution in [2.24, 2.45) is 50.7 Å². The number of hydrogen-bond donors (Lipinski definition) is 7. The Balaban J connectivity index is 1.09. The molecule has 0 bridgehead atoms. The Hall–Kier alpha value is -0.440. The van der Waals surface area contributed by atoms with Gasteiger partial charge in [0.2, 0.25) is 0 Å². The topological polar surface area (TPSA) is 179 Å². The second kappa shape index (κ2) is 9.66. The lowest BCUT2D eigenvalue weighted by atomic mass is 9.40. The first kappa shape index (κ1) is 32.7. The Kier molecular flexibility index (Phi) is 6.88. The van der Waals surface area contributed by atoms with Gasteiger partial charge in [0.1, 0.15) is 30.0 Å². The molecule has 8 aliphatic rings. The Morgan fingerprint density at radius 1 is 0.848 bits per heavy atom. The van der Waals surface area contributed by atoms with Crippen LogP contribution in [0.4, 0.5) is 0 Å². The van der Waals surface area contributed by atoms with Gasteiger partial charge in [0.25, 0.3) is 0 Å². The number of rotatable bonds is 2. The molecule has 0 amide bonds. The number of fused-ring (bicyclic) bond motifs is 4. The van der Waals surface area contributed by atoms with Crippen LogP contribution in [0.3, 0.4) is 0 Å². The first-order chi connectivity index (χ1) is 21.3. The summed E-state index contributed by atoms with van der Waals surface area (Å²) < 4.78 is 24.8. The molecular formula is C35H56O11. The van der Waals surface area contributed by atoms with Gasteiger partial charge in [-0.05, 0) is 90.8 Å². The fraction of sp³-hybridized carbons (Fsp3) is 1.00. The van der Waals surface area contributed by atoms with Gasteiger partial charge in [-0.1, -0.05) is 34.6 Å². The molecule has 5 aliphatic carbocycles. The molecule has 3 heterocycles. The quantitative estimate of drug-likeness (QED) is 0.212. The third-order valence-corrected chi connectivity index (χ3v) is 16.0. The molecule has 7 N–H and O–H groups in total. The zero-order valence-electron chi connectivity index (χ0n) is 28.1. The van der Waals surface area contributed by atoms with Crippen molar-refractivity contribution >= 4 is 0 Å². The highest BCUT2D eigenvalue weighted by Crippen LogP contribution is 2.89. The van der Waals surface area contributed by atoms with Crippen LogP contribution in [0.15, 0.2) is 0 Å². The SMILES string of the molecule is C[C@@H]1C[C@]2(OC[C@](C)(O)[C@H]2O)O[C@H]2C[C@@]3(C)[C@@H]4[C@@H](O)C[C@H]5C(C)(C)[C@@H](O[C@@H]6OC[C@H](O)[C@H](O)[C@H]6O)CC[C@@]56C[C@@]46C[C@@H](O)[C@]3(C)[C@@H]12. The summed E-state index contributed by atoms with van der Waals surface area (Å²) in [6.07, 6.45) is -2.99. The summed E-state index contributed by atoms with van der Waals surface area (Å²) in [7, 11) is 0. The maximum Gasteiger partial charge on any atom is 0.198 e. The Morgan fingerprint density at radius 2 is 1.57 bits per heavy atom. The zero-order valence-corrected chi connectivity index (χ0v) is 28.1. The van der Waals surface area contributed by atoms with Crippen LogP contribution < -0.4 is 0 Å². The van der Waals surface area contributed by atoms with E-state index in [9.17, 15) is 35.7 Å². The molecule has 0 aromatic rings. The summed E-state index contributed by atoms with van der Waals surface area (Å²) in [6.45, 7) is 12.4. The molecule has 8 fully saturated rings. The molecule has 0 radical (unpaired) electrons. The van der Waals surface area contributed by atoms with E-state index in [4.69, 9.17) is 18.9 Å². The third-order valence-electron chi connectivity index (χ3n) is 16.0. The highest BCUT2D eigenvalue weighted by atomic mass is 16.7. The number of aliphatic hydroxyl groups is 7. The van der Waals surface area contributed by atoms with E-state index in [1.807, 2.05) is 0 Å². The van der Waals surface area contributed by atoms with Crippen molar-refractivity contribution in [1.82, 2.24) is 0 Å². The Labute approximate surface area is 271 Å². The molecule has 0 aromatic carbocycles. The van der Waals surface area contributed by atoms with Gasteiger partial charge in [0.05, 0.1) is 37.6 Å². The molecule has 46 heavy (non-hydrogen) atoms. The summed E-state index contributed by atoms with van der Waals surface area (Å²) in [6, 6.07) is 0. The highest BCUT2D eigenvalue weighted by molar-refractivity contribution is 5.34. The lowest BCUT2D eigenvalue weighted by Crippen LogP contribution is -2.66. The van der Waals surface area contributed by atoms with Crippen molar-refractivity contribution in [1.29, 1.82) is 0 Å². The maximum absolute atomic E-state index is 12.4. The third kappa shape index (κ3) is 3.72. The van der Waals surface area contributed by atoms with E-state index in [0.29, 0.717) is 25.7 Å². The van der Waals surface area contributed by atoms with E-state index < -0.39 is 65.1 Å². The largest absolute Gasteiger partial charge is 0.393 e. The Bertz CT molecular complexity index is 1260. The van der Waals surface area contributed by atoms with Crippen molar-refractivity contribution < 1.29 is 54.7 Å². The fourth-order valence-electron chi connectivity index (χ4n) is 13.9. The van der Waals surface area contributed by atoms with Crippen LogP contribution in [0.2, 0.25) is 0 Å². The molecule has 3 spiro atoms. The molecule has 5 saturated carbocycles. The van der Waals surface area contributed by atoms with E-state index in [1.165, 1.54) is 0 Å². The van der Waals surface area contributed by atoms with Crippen molar-refractivity contribution in [3.63, 3.8) is 0 Å². The van der Waals surface area contributed by atoms with E-state index in [1.54, 1.807) is 6.92 Å². The monoisotopic (exact) mass is 652 g/mol. The van der Waals surface area contributed by atoms with E-state index in [0.717, 1.165) is 19.3 Å². The lowest BCUT2D eigenvalue weighted by molar-refractivity contribution is -0.316. The number of aliphatic hydroxyl groups excluding tert-OH is 6. The highest BCUT2D eigenvalue weighted by Gasteiger charge is 2.86. The lowest BCUT2D eigenvalue weighted by Gasteiger charge is -2.66. The number of hydrogen-bond acceptors (Lipinski definition) is 11. The summed E-state index contributed by atoms with van der Waals surface area (Å²) in [5, 5.41) is 77.5. The van der Waals surface area contributed by atoms with Gasteiger partial charge >= 0.3 is 0 Å². The van der Waals surface area contributed by atoms with Crippen molar-refractivity contribution in [2.75, 3.05) is 13.2 Å². The molecule has 11 nitrogen and oxygen atoms in total. The van der Waals surface area contributed by atoms with Crippen LogP contribution in [-0.4, -0.2) is 115 Å². The van der Waals surface area contributed by atoms with Gasteiger partial charge in [-0.2, -0.15) is 0 Å². The summed E-state index contributed by atoms with van der Waals surface area (Å²) in [5.41, 5.74) is -3.03. The van der Waals surface area contributed by atoms with Crippen LogP contribution in [-0.2, 0) is 18.9 Å². The normalized spacial score (nSPS) is 65.0. The molecule has 262 valence electrons. The minimum absolute atomic E-state index is 0.00134. The predicted molar refractivity (Wildman–Crippen MR) is 162 cm³/mol. The van der Waals surface area contributed by atoms with Gasteiger partial charge in [0, 0.05) is 11.8 Å². The molecular weight excluding hydrogens is 596 g/mol. The van der Waals surface area contributed by atoms with Crippen LogP contribution in [0.5, 0.6) is 0 Å². The predicted octanol–water partition coefficient (Wildman–Crippen LogP) is 1.06. The van der Waals surface area contributed by atoms with Gasteiger partial charge in [-0.25, -0.2) is 0 Å². The smallest absolute Gasteiger partial charge is 0.198 e. The molecule has 3 aliphatic heterocycles. The minimum Gasteiger partial charge on any atom is -0.393 e. The molecule has 3 saturated heterocycles. The van der Waals surface area contributed by atoms with Gasteiger partial charge in [-0.15, -0.1) is 0 Å². The van der Waals surface area contributed by atoms with Gasteiger partial charge < -0.3 is 54.7 Å². The average Bonchev–Trinajstić information content (AvgIpc) is 3.46. The first-order valence-corrected chi connectivity index (χ1v) is 17.7. The van der Waals surface area contributed by atoms with Crippen LogP contribution in [0, 0.1) is 50.7 Å². The van der Waals surface area contributed by atoms with E-state index in [-0.39, 0.29) is 65.3 Å². The summed E-state index contributed by atoms with van der Waals surface area (Å²) in [4.78, 5) is 0. The van der Waals surface area contributed by atoms with Crippen molar-refractivity contribution in [2.45, 2.75) is 153 Å². The van der Waals surface area contributed by atoms with E-state index in [2.05, 4.69) is 34.6 Å². The van der Waals surface area contributed by atoms with Crippen molar-refractivity contribution in [3.8, 4) is 0 Å². The van der Waals surface area contributed by atoms with Crippen molar-refractivity contribution in [3.05, 3.63) is 0 Å². The summed E-state index contributed by atoms with van der Waals surface area (Å²) >= 11 is 0. The molecule has 11 heteroatoms. The first-order valence-electron chi connectivity index (χ1n) is 17.7. The molecule has 8 rings (SSSR count). The maximum atomic E-state index is 12.4. The summed E-state index contributed by atoms with van der Waals surface area (Å²) in [5.74, 6) is -1.13. The standard InChI is InChI=1S/C35H56O11/c1-16-10-35(28(41)31(5,42)15-44-35)46-19-11-30(4)26-17(36)9-20-29(2,3)22(45-27-25(40)24(39)18(37)13-43-27)7-8-33(20)14-34(26,33)12-21(38)32(30,6)23(16)19/h16-28,36-42H,7-15H2,1-6H3/t16-,17+,18+,19+,20+,21-,22+,23+,24+,25-,26+,27+,28-,30+,31+,32-,33-,34+,35+/m1/s1. The van der Waals surface area contributed by atoms with Gasteiger partial charge in [-0.3, -0.25) is 0 Å². The van der Waals surface area contributed by atoms with Crippen LogP contribution >= 0.6 is 0 Å². The van der Waals surface area contributed by atoms with Crippen LogP contribution in [0.1, 0.15) is 86.5 Å². The zero-order chi connectivity index (χ0) is 33.2. The Morgan fingerprint density at radius 3 is 2.24 bits per heavy atom. The van der Waals surface area contributed by atoms with Gasteiger partial charge in [0.15, 0.2) is 12.1 Å². The molecule has 19 atom stereocenters. The second-order valence-electron chi connectivity index (χ2n) is 18.4.